The zero-order valence-corrected chi connectivity index (χ0v) is 17.4. The Morgan fingerprint density at radius 1 is 1.00 bits per heavy atom. The summed E-state index contributed by atoms with van der Waals surface area (Å²) in [5, 5.41) is 3.66. The lowest BCUT2D eigenvalue weighted by molar-refractivity contribution is 0.109. The van der Waals surface area contributed by atoms with Gasteiger partial charge < -0.3 is 10.1 Å². The van der Waals surface area contributed by atoms with Crippen LogP contribution in [0.5, 0.6) is 0 Å². The summed E-state index contributed by atoms with van der Waals surface area (Å²) in [7, 11) is 0. The zero-order valence-electron chi connectivity index (χ0n) is 17.4. The molecular formula is C25H37NO. The summed E-state index contributed by atoms with van der Waals surface area (Å²) >= 11 is 0. The largest absolute Gasteiger partial charge is 0.380 e. The molecule has 148 valence electrons. The van der Waals surface area contributed by atoms with Gasteiger partial charge in [0.1, 0.15) is 0 Å². The Kier molecular flexibility index (Phi) is 6.04. The molecule has 0 aromatic heterocycles. The average Bonchev–Trinajstić information content (AvgIpc) is 3.45. The van der Waals surface area contributed by atoms with E-state index in [2.05, 4.69) is 43.4 Å². The van der Waals surface area contributed by atoms with E-state index in [9.17, 15) is 0 Å². The molecule has 2 nitrogen and oxygen atoms in total. The third-order valence-corrected chi connectivity index (χ3v) is 7.20. The number of hydrogen-bond acceptors (Lipinski definition) is 2. The number of allylic oxidation sites excluding steroid dienone is 1. The molecular weight excluding hydrogens is 330 g/mol. The van der Waals surface area contributed by atoms with E-state index >= 15 is 0 Å². The summed E-state index contributed by atoms with van der Waals surface area (Å²) in [5.74, 6) is 1.53. The zero-order chi connectivity index (χ0) is 18.7. The van der Waals surface area contributed by atoms with Gasteiger partial charge in [-0.1, -0.05) is 56.9 Å². The van der Waals surface area contributed by atoms with Gasteiger partial charge in [0.05, 0.1) is 12.0 Å². The van der Waals surface area contributed by atoms with Crippen LogP contribution in [0.4, 0.5) is 0 Å². The second-order valence-electron chi connectivity index (χ2n) is 8.91. The number of hydrogen-bond donors (Lipinski definition) is 1. The van der Waals surface area contributed by atoms with Crippen molar-refractivity contribution in [2.75, 3.05) is 26.3 Å². The highest BCUT2D eigenvalue weighted by molar-refractivity contribution is 5.81. The molecule has 3 aliphatic carbocycles. The molecule has 0 amide bonds. The molecule has 1 unspecified atom stereocenters. The number of likely N-dealkylation sites (N-methyl/N-ethyl adjacent to an activating group) is 1. The molecule has 2 heteroatoms. The van der Waals surface area contributed by atoms with Crippen LogP contribution in [0.15, 0.2) is 24.3 Å². The minimum atomic E-state index is 0.00783. The van der Waals surface area contributed by atoms with Gasteiger partial charge in [0.25, 0.3) is 0 Å². The van der Waals surface area contributed by atoms with Crippen LogP contribution in [0, 0.1) is 5.92 Å². The summed E-state index contributed by atoms with van der Waals surface area (Å²) in [6.45, 7) is 7.92. The van der Waals surface area contributed by atoms with Crippen molar-refractivity contribution in [2.24, 2.45) is 5.92 Å². The van der Waals surface area contributed by atoms with E-state index in [0.717, 1.165) is 38.1 Å². The lowest BCUT2D eigenvalue weighted by Crippen LogP contribution is -2.39. The summed E-state index contributed by atoms with van der Waals surface area (Å²) in [6, 6.07) is 7.18. The molecule has 0 saturated heterocycles. The van der Waals surface area contributed by atoms with Gasteiger partial charge in [-0.05, 0) is 73.3 Å². The van der Waals surface area contributed by atoms with E-state index in [1.807, 2.05) is 0 Å². The molecule has 0 bridgehead atoms. The second kappa shape index (κ2) is 8.49. The van der Waals surface area contributed by atoms with E-state index in [1.54, 1.807) is 22.3 Å². The van der Waals surface area contributed by atoms with Crippen LogP contribution in [-0.4, -0.2) is 26.3 Å². The van der Waals surface area contributed by atoms with Gasteiger partial charge >= 0.3 is 0 Å². The van der Waals surface area contributed by atoms with Crippen molar-refractivity contribution >= 4 is 5.57 Å². The van der Waals surface area contributed by atoms with Crippen molar-refractivity contribution in [3.63, 3.8) is 0 Å². The Morgan fingerprint density at radius 2 is 1.70 bits per heavy atom. The van der Waals surface area contributed by atoms with Crippen LogP contribution in [0.1, 0.15) is 87.8 Å². The fourth-order valence-corrected chi connectivity index (χ4v) is 5.84. The molecule has 0 radical (unpaired) electrons. The lowest BCUT2D eigenvalue weighted by Gasteiger charge is -2.30. The molecule has 0 aliphatic heterocycles. The summed E-state index contributed by atoms with van der Waals surface area (Å²) in [4.78, 5) is 0. The first kappa shape index (κ1) is 19.2. The Bertz CT molecular complexity index is 657. The average molecular weight is 368 g/mol. The lowest BCUT2D eigenvalue weighted by atomic mass is 9.80. The quantitative estimate of drug-likeness (QED) is 0.625. The first-order valence-electron chi connectivity index (χ1n) is 11.4. The third kappa shape index (κ3) is 3.63. The van der Waals surface area contributed by atoms with Gasteiger partial charge in [-0.3, -0.25) is 0 Å². The van der Waals surface area contributed by atoms with Crippen LogP contribution in [0.2, 0.25) is 0 Å². The first-order chi connectivity index (χ1) is 13.3. The van der Waals surface area contributed by atoms with Crippen molar-refractivity contribution in [3.05, 3.63) is 41.0 Å². The Labute approximate surface area is 165 Å². The monoisotopic (exact) mass is 367 g/mol. The van der Waals surface area contributed by atoms with Crippen LogP contribution in [0.25, 0.3) is 5.57 Å². The Morgan fingerprint density at radius 3 is 2.37 bits per heavy atom. The van der Waals surface area contributed by atoms with Crippen molar-refractivity contribution in [2.45, 2.75) is 76.5 Å². The molecule has 4 rings (SSSR count). The topological polar surface area (TPSA) is 21.3 Å². The second-order valence-corrected chi connectivity index (χ2v) is 8.91. The molecule has 0 heterocycles. The first-order valence-corrected chi connectivity index (χ1v) is 11.4. The standard InChI is InChI=1S/C25H37NO/c1-3-26-17-25(18-27-4-2)16-22(20-12-7-8-13-20)24-21(14-9-15-23(24)25)19-10-5-6-11-19/h9,14-16,19-20,26H,3-8,10-13,17-18H2,1-2H3. The molecule has 2 saturated carbocycles. The van der Waals surface area contributed by atoms with E-state index in [-0.39, 0.29) is 5.41 Å². The fourth-order valence-electron chi connectivity index (χ4n) is 5.84. The number of rotatable bonds is 8. The van der Waals surface area contributed by atoms with Gasteiger partial charge in [0.2, 0.25) is 0 Å². The van der Waals surface area contributed by atoms with Gasteiger partial charge in [-0.25, -0.2) is 0 Å². The minimum absolute atomic E-state index is 0.00783. The van der Waals surface area contributed by atoms with Crippen LogP contribution in [0.3, 0.4) is 0 Å². The van der Waals surface area contributed by atoms with E-state index < -0.39 is 0 Å². The highest BCUT2D eigenvalue weighted by atomic mass is 16.5. The number of ether oxygens (including phenoxy) is 1. The Hall–Kier alpha value is -1.12. The molecule has 1 N–H and O–H groups in total. The number of fused-ring (bicyclic) bond motifs is 1. The molecule has 0 spiro atoms. The summed E-state index contributed by atoms with van der Waals surface area (Å²) in [6.07, 6.45) is 13.7. The highest BCUT2D eigenvalue weighted by Gasteiger charge is 2.42. The van der Waals surface area contributed by atoms with Crippen molar-refractivity contribution < 1.29 is 4.74 Å². The van der Waals surface area contributed by atoms with Crippen molar-refractivity contribution in [1.82, 2.24) is 5.32 Å². The van der Waals surface area contributed by atoms with Crippen molar-refractivity contribution in [1.29, 1.82) is 0 Å². The molecule has 1 aromatic rings. The molecule has 1 atom stereocenters. The number of benzene rings is 1. The molecule has 1 aromatic carbocycles. The molecule has 2 fully saturated rings. The minimum Gasteiger partial charge on any atom is -0.380 e. The third-order valence-electron chi connectivity index (χ3n) is 7.20. The predicted molar refractivity (Wildman–Crippen MR) is 114 cm³/mol. The molecule has 27 heavy (non-hydrogen) atoms. The van der Waals surface area contributed by atoms with Gasteiger partial charge in [-0.2, -0.15) is 0 Å². The smallest absolute Gasteiger partial charge is 0.0610 e. The normalized spacial score (nSPS) is 25.9. The molecule has 3 aliphatic rings. The maximum Gasteiger partial charge on any atom is 0.0610 e. The fraction of sp³-hybridized carbons (Fsp3) is 0.680. The SMILES string of the molecule is CCNCC1(COCC)C=C(C2CCCC2)c2c(C3CCCC3)cccc21. The van der Waals surface area contributed by atoms with Gasteiger partial charge in [-0.15, -0.1) is 0 Å². The number of nitrogens with one attached hydrogen (secondary N) is 1. The maximum atomic E-state index is 6.07. The highest BCUT2D eigenvalue weighted by Crippen LogP contribution is 2.51. The van der Waals surface area contributed by atoms with Crippen LogP contribution >= 0.6 is 0 Å². The van der Waals surface area contributed by atoms with Gasteiger partial charge in [0, 0.05) is 13.2 Å². The van der Waals surface area contributed by atoms with Crippen LogP contribution in [-0.2, 0) is 10.2 Å². The van der Waals surface area contributed by atoms with E-state index in [1.165, 1.54) is 51.4 Å². The van der Waals surface area contributed by atoms with E-state index in [4.69, 9.17) is 4.74 Å². The van der Waals surface area contributed by atoms with Crippen LogP contribution < -0.4 is 5.32 Å². The van der Waals surface area contributed by atoms with Gasteiger partial charge in [0.15, 0.2) is 0 Å². The maximum absolute atomic E-state index is 6.07. The summed E-state index contributed by atoms with van der Waals surface area (Å²) < 4.78 is 6.07. The van der Waals surface area contributed by atoms with E-state index in [0.29, 0.717) is 0 Å². The predicted octanol–water partition coefficient (Wildman–Crippen LogP) is 5.82. The summed E-state index contributed by atoms with van der Waals surface area (Å²) in [5.41, 5.74) is 6.51. The Balaban J connectivity index is 1.81. The van der Waals surface area contributed by atoms with Crippen molar-refractivity contribution in [3.8, 4) is 0 Å².